The summed E-state index contributed by atoms with van der Waals surface area (Å²) in [5.41, 5.74) is 7.04. The van der Waals surface area contributed by atoms with Crippen molar-refractivity contribution in [2.45, 2.75) is 31.6 Å². The molecule has 1 rings (SSSR count). The van der Waals surface area contributed by atoms with Crippen LogP contribution in [0.4, 0.5) is 5.69 Å². The second kappa shape index (κ2) is 9.34. The molecule has 1 aromatic carbocycles. The Morgan fingerprint density at radius 2 is 2.15 bits per heavy atom. The summed E-state index contributed by atoms with van der Waals surface area (Å²) in [4.78, 5) is 11.7. The van der Waals surface area contributed by atoms with Gasteiger partial charge in [-0.2, -0.15) is 0 Å². The second-order valence-electron chi connectivity index (χ2n) is 4.59. The summed E-state index contributed by atoms with van der Waals surface area (Å²) in [5.74, 6) is 0.297. The zero-order chi connectivity index (χ0) is 14.4. The second-order valence-corrected chi connectivity index (χ2v) is 6.43. The summed E-state index contributed by atoms with van der Waals surface area (Å²) in [5, 5.41) is 3.35. The van der Waals surface area contributed by atoms with E-state index >= 15 is 0 Å². The summed E-state index contributed by atoms with van der Waals surface area (Å²) in [6, 6.07) is 5.20. The molecule has 0 aliphatic heterocycles. The lowest BCUT2D eigenvalue weighted by Crippen LogP contribution is -2.19. The normalized spacial score (nSPS) is 13.2. The summed E-state index contributed by atoms with van der Waals surface area (Å²) >= 11 is 6.02. The molecule has 20 heavy (non-hydrogen) atoms. The Morgan fingerprint density at radius 1 is 1.50 bits per heavy atom. The Bertz CT molecular complexity index is 481. The smallest absolute Gasteiger partial charge is 0.224 e. The van der Waals surface area contributed by atoms with Crippen LogP contribution in [-0.4, -0.2) is 22.4 Å². The van der Waals surface area contributed by atoms with Gasteiger partial charge < -0.3 is 11.1 Å². The highest BCUT2D eigenvalue weighted by Gasteiger charge is 2.07. The Morgan fingerprint density at radius 3 is 2.70 bits per heavy atom. The predicted molar refractivity (Wildman–Crippen MR) is 88.0 cm³/mol. The van der Waals surface area contributed by atoms with E-state index in [1.54, 1.807) is 24.5 Å². The number of benzene rings is 1. The SMILES string of the molecule is CC(N)CCC(=O)Nc1ccc(Cl)c(CS(C)=O)c1.Cl. The van der Waals surface area contributed by atoms with Crippen LogP contribution in [0.25, 0.3) is 0 Å². The first-order valence-electron chi connectivity index (χ1n) is 6.02. The Kier molecular flexibility index (Phi) is 9.05. The van der Waals surface area contributed by atoms with Crippen molar-refractivity contribution in [2.75, 3.05) is 11.6 Å². The number of hydrogen-bond acceptors (Lipinski definition) is 3. The fourth-order valence-corrected chi connectivity index (χ4v) is 2.50. The zero-order valence-corrected chi connectivity index (χ0v) is 13.9. The van der Waals surface area contributed by atoms with Crippen molar-refractivity contribution in [1.82, 2.24) is 0 Å². The lowest BCUT2D eigenvalue weighted by Gasteiger charge is -2.09. The van der Waals surface area contributed by atoms with Crippen molar-refractivity contribution in [1.29, 1.82) is 0 Å². The third-order valence-corrected chi connectivity index (χ3v) is 3.60. The molecule has 2 unspecified atom stereocenters. The fraction of sp³-hybridized carbons (Fsp3) is 0.462. The van der Waals surface area contributed by atoms with E-state index in [4.69, 9.17) is 17.3 Å². The molecule has 2 atom stereocenters. The van der Waals surface area contributed by atoms with E-state index in [9.17, 15) is 9.00 Å². The minimum absolute atomic E-state index is 0. The Hall–Kier alpha value is -0.620. The van der Waals surface area contributed by atoms with E-state index in [0.717, 1.165) is 5.56 Å². The average Bonchev–Trinajstić information content (AvgIpc) is 2.30. The lowest BCUT2D eigenvalue weighted by molar-refractivity contribution is -0.116. The molecule has 0 heterocycles. The van der Waals surface area contributed by atoms with E-state index in [0.29, 0.717) is 29.3 Å². The maximum absolute atomic E-state index is 11.7. The summed E-state index contributed by atoms with van der Waals surface area (Å²) in [6.07, 6.45) is 2.64. The molecule has 4 nitrogen and oxygen atoms in total. The van der Waals surface area contributed by atoms with Crippen LogP contribution in [0.1, 0.15) is 25.3 Å². The first-order chi connectivity index (χ1) is 8.88. The molecule has 0 radical (unpaired) electrons. The first kappa shape index (κ1) is 19.4. The van der Waals surface area contributed by atoms with Gasteiger partial charge >= 0.3 is 0 Å². The number of amides is 1. The van der Waals surface area contributed by atoms with Gasteiger partial charge in [0.15, 0.2) is 0 Å². The molecule has 3 N–H and O–H groups in total. The summed E-state index contributed by atoms with van der Waals surface area (Å²) in [7, 11) is -0.971. The topological polar surface area (TPSA) is 72.2 Å². The molecular formula is C13H20Cl2N2O2S. The third-order valence-electron chi connectivity index (χ3n) is 2.51. The van der Waals surface area contributed by atoms with Crippen LogP contribution >= 0.6 is 24.0 Å². The number of nitrogens with two attached hydrogens (primary N) is 1. The van der Waals surface area contributed by atoms with Crippen molar-refractivity contribution in [2.24, 2.45) is 5.73 Å². The molecule has 7 heteroatoms. The molecule has 114 valence electrons. The number of nitrogens with one attached hydrogen (secondary N) is 1. The van der Waals surface area contributed by atoms with E-state index in [1.165, 1.54) is 0 Å². The van der Waals surface area contributed by atoms with Crippen LogP contribution in [0.3, 0.4) is 0 Å². The van der Waals surface area contributed by atoms with Crippen LogP contribution < -0.4 is 11.1 Å². The first-order valence-corrected chi connectivity index (χ1v) is 8.13. The van der Waals surface area contributed by atoms with Gasteiger partial charge in [0, 0.05) is 46.0 Å². The third kappa shape index (κ3) is 7.24. The van der Waals surface area contributed by atoms with E-state index < -0.39 is 10.8 Å². The van der Waals surface area contributed by atoms with Gasteiger partial charge in [0.1, 0.15) is 0 Å². The maximum Gasteiger partial charge on any atom is 0.224 e. The van der Waals surface area contributed by atoms with Crippen LogP contribution in [0.2, 0.25) is 5.02 Å². The van der Waals surface area contributed by atoms with Crippen LogP contribution in [-0.2, 0) is 21.3 Å². The molecule has 0 aliphatic rings. The van der Waals surface area contributed by atoms with Gasteiger partial charge in [0.05, 0.1) is 0 Å². The maximum atomic E-state index is 11.7. The van der Waals surface area contributed by atoms with Crippen molar-refractivity contribution in [3.05, 3.63) is 28.8 Å². The number of halogens is 2. The minimum Gasteiger partial charge on any atom is -0.328 e. The highest BCUT2D eigenvalue weighted by atomic mass is 35.5. The number of rotatable bonds is 6. The van der Waals surface area contributed by atoms with Crippen molar-refractivity contribution in [3.63, 3.8) is 0 Å². The molecule has 0 fully saturated rings. The van der Waals surface area contributed by atoms with Crippen LogP contribution in [0.15, 0.2) is 18.2 Å². The fourth-order valence-electron chi connectivity index (χ4n) is 1.56. The molecular weight excluding hydrogens is 319 g/mol. The number of anilines is 1. The average molecular weight is 339 g/mol. The number of hydrogen-bond donors (Lipinski definition) is 2. The molecule has 1 aromatic rings. The molecule has 0 spiro atoms. The van der Waals surface area contributed by atoms with Gasteiger partial charge in [0.25, 0.3) is 0 Å². The quantitative estimate of drug-likeness (QED) is 0.837. The monoisotopic (exact) mass is 338 g/mol. The molecule has 0 aliphatic carbocycles. The lowest BCUT2D eigenvalue weighted by atomic mass is 10.2. The van der Waals surface area contributed by atoms with Gasteiger partial charge in [-0.15, -0.1) is 12.4 Å². The van der Waals surface area contributed by atoms with Gasteiger partial charge in [0.2, 0.25) is 5.91 Å². The van der Waals surface area contributed by atoms with Crippen molar-refractivity contribution >= 4 is 46.4 Å². The van der Waals surface area contributed by atoms with Gasteiger partial charge in [-0.1, -0.05) is 11.6 Å². The molecule has 0 saturated heterocycles. The van der Waals surface area contributed by atoms with Crippen molar-refractivity contribution in [3.8, 4) is 0 Å². The highest BCUT2D eigenvalue weighted by molar-refractivity contribution is 7.83. The molecule has 0 bridgehead atoms. The summed E-state index contributed by atoms with van der Waals surface area (Å²) < 4.78 is 11.2. The van der Waals surface area contributed by atoms with E-state index in [1.807, 2.05) is 6.92 Å². The largest absolute Gasteiger partial charge is 0.328 e. The minimum atomic E-state index is -0.971. The zero-order valence-electron chi connectivity index (χ0n) is 11.5. The summed E-state index contributed by atoms with van der Waals surface area (Å²) in [6.45, 7) is 1.87. The Balaban J connectivity index is 0.00000361. The van der Waals surface area contributed by atoms with Crippen molar-refractivity contribution < 1.29 is 9.00 Å². The van der Waals surface area contributed by atoms with Gasteiger partial charge in [-0.3, -0.25) is 9.00 Å². The van der Waals surface area contributed by atoms with Gasteiger partial charge in [-0.25, -0.2) is 0 Å². The van der Waals surface area contributed by atoms with Gasteiger partial charge in [-0.05, 0) is 37.1 Å². The van der Waals surface area contributed by atoms with E-state index in [-0.39, 0.29) is 24.4 Å². The highest BCUT2D eigenvalue weighted by Crippen LogP contribution is 2.22. The molecule has 0 saturated carbocycles. The standard InChI is InChI=1S/C13H19ClN2O2S.ClH/c1-9(15)3-6-13(17)16-11-4-5-12(14)10(7-11)8-19(2)18;/h4-5,7,9H,3,6,8,15H2,1-2H3,(H,16,17);1H. The van der Waals surface area contributed by atoms with Crippen LogP contribution in [0, 0.1) is 0 Å². The van der Waals surface area contributed by atoms with E-state index in [2.05, 4.69) is 5.32 Å². The van der Waals surface area contributed by atoms with Crippen LogP contribution in [0.5, 0.6) is 0 Å². The number of carbonyl (C=O) groups is 1. The predicted octanol–water partition coefficient (Wildman–Crippen LogP) is 2.71. The molecule has 0 aromatic heterocycles. The molecule has 1 amide bonds. The number of carbonyl (C=O) groups excluding carboxylic acids is 1. The Labute approximate surface area is 133 Å².